The van der Waals surface area contributed by atoms with Crippen LogP contribution in [0.3, 0.4) is 0 Å². The maximum absolute atomic E-state index is 12.9. The van der Waals surface area contributed by atoms with Crippen LogP contribution in [0, 0.1) is 12.7 Å². The van der Waals surface area contributed by atoms with Gasteiger partial charge < -0.3 is 10.1 Å². The first kappa shape index (κ1) is 16.2. The van der Waals surface area contributed by atoms with E-state index in [4.69, 9.17) is 0 Å². The van der Waals surface area contributed by atoms with Gasteiger partial charge in [0.2, 0.25) is 0 Å². The number of nitrogens with one attached hydrogen (secondary N) is 1. The third-order valence-electron chi connectivity index (χ3n) is 3.26. The van der Waals surface area contributed by atoms with Gasteiger partial charge in [0, 0.05) is 11.9 Å². The molecule has 0 radical (unpaired) electrons. The normalized spacial score (nSPS) is 12.7. The molecule has 0 aliphatic carbocycles. The summed E-state index contributed by atoms with van der Waals surface area (Å²) >= 11 is 0. The van der Waals surface area contributed by atoms with Gasteiger partial charge in [0.15, 0.2) is 9.84 Å². The summed E-state index contributed by atoms with van der Waals surface area (Å²) in [5.74, 6) is -0.360. The van der Waals surface area contributed by atoms with E-state index in [9.17, 15) is 17.6 Å². The summed E-state index contributed by atoms with van der Waals surface area (Å²) in [6.45, 7) is 1.68. The monoisotopic (exact) mass is 321 g/mol. The molecule has 116 valence electrons. The highest BCUT2D eigenvalue weighted by molar-refractivity contribution is 7.90. The minimum atomic E-state index is -3.30. The number of aldehydes is 1. The van der Waals surface area contributed by atoms with Crippen LogP contribution in [0.2, 0.25) is 0 Å². The van der Waals surface area contributed by atoms with E-state index >= 15 is 0 Å². The number of anilines is 1. The molecule has 6 heteroatoms. The number of halogens is 1. The molecule has 0 bridgehead atoms. The van der Waals surface area contributed by atoms with Crippen molar-refractivity contribution in [3.05, 3.63) is 59.4 Å². The highest BCUT2D eigenvalue weighted by atomic mass is 32.2. The molecule has 0 aliphatic rings. The lowest BCUT2D eigenvalue weighted by Gasteiger charge is -2.16. The predicted molar refractivity (Wildman–Crippen MR) is 83.1 cm³/mol. The fourth-order valence-electron chi connectivity index (χ4n) is 2.20. The molecule has 1 unspecified atom stereocenters. The molecule has 0 fully saturated rings. The number of hydrogen-bond acceptors (Lipinski definition) is 4. The smallest absolute Gasteiger partial charge is 0.175 e. The Kier molecular flexibility index (Phi) is 4.61. The Morgan fingerprint density at radius 1 is 1.14 bits per heavy atom. The molecule has 0 saturated heterocycles. The van der Waals surface area contributed by atoms with Crippen LogP contribution < -0.4 is 5.32 Å². The number of aryl methyl sites for hydroxylation is 1. The van der Waals surface area contributed by atoms with Crippen LogP contribution in [0.1, 0.15) is 17.2 Å². The minimum absolute atomic E-state index is 0.239. The van der Waals surface area contributed by atoms with Gasteiger partial charge in [0.1, 0.15) is 18.1 Å². The van der Waals surface area contributed by atoms with E-state index in [-0.39, 0.29) is 10.7 Å². The van der Waals surface area contributed by atoms with Gasteiger partial charge in [-0.05, 0) is 48.4 Å². The van der Waals surface area contributed by atoms with E-state index < -0.39 is 15.9 Å². The highest BCUT2D eigenvalue weighted by Crippen LogP contribution is 2.23. The topological polar surface area (TPSA) is 63.2 Å². The van der Waals surface area contributed by atoms with Crippen LogP contribution in [0.4, 0.5) is 10.1 Å². The maximum Gasteiger partial charge on any atom is 0.175 e. The van der Waals surface area contributed by atoms with Crippen LogP contribution in [0.5, 0.6) is 0 Å². The standard InChI is InChI=1S/C16H16FNO3S/c1-11-9-12(3-8-16(11)22(2,20)21)15(10-19)18-14-6-4-13(17)5-7-14/h3-10,15,18H,1-2H3. The second-order valence-corrected chi connectivity index (χ2v) is 7.05. The van der Waals surface area contributed by atoms with Crippen LogP contribution in [0.25, 0.3) is 0 Å². The summed E-state index contributed by atoms with van der Waals surface area (Å²) in [6, 6.07) is 9.75. The first-order chi connectivity index (χ1) is 10.3. The Hall–Kier alpha value is -2.21. The van der Waals surface area contributed by atoms with Gasteiger partial charge in [0.05, 0.1) is 4.90 Å². The second kappa shape index (κ2) is 6.27. The zero-order valence-electron chi connectivity index (χ0n) is 12.2. The van der Waals surface area contributed by atoms with Gasteiger partial charge in [-0.3, -0.25) is 0 Å². The number of rotatable bonds is 5. The van der Waals surface area contributed by atoms with Gasteiger partial charge in [-0.25, -0.2) is 12.8 Å². The van der Waals surface area contributed by atoms with E-state index in [2.05, 4.69) is 5.32 Å². The number of sulfone groups is 1. The average molecular weight is 321 g/mol. The van der Waals surface area contributed by atoms with Gasteiger partial charge >= 0.3 is 0 Å². The Morgan fingerprint density at radius 2 is 1.77 bits per heavy atom. The van der Waals surface area contributed by atoms with Crippen LogP contribution in [0.15, 0.2) is 47.4 Å². The average Bonchev–Trinajstić information content (AvgIpc) is 2.45. The van der Waals surface area contributed by atoms with E-state index in [1.165, 1.54) is 30.3 Å². The van der Waals surface area contributed by atoms with Crippen molar-refractivity contribution < 1.29 is 17.6 Å². The fourth-order valence-corrected chi connectivity index (χ4v) is 3.16. The Bertz CT molecular complexity index is 786. The Morgan fingerprint density at radius 3 is 2.27 bits per heavy atom. The Balaban J connectivity index is 2.30. The molecular weight excluding hydrogens is 305 g/mol. The summed E-state index contributed by atoms with van der Waals surface area (Å²) in [5.41, 5.74) is 1.82. The zero-order valence-corrected chi connectivity index (χ0v) is 13.0. The van der Waals surface area contributed by atoms with Crippen molar-refractivity contribution in [2.24, 2.45) is 0 Å². The molecule has 0 aromatic heterocycles. The maximum atomic E-state index is 12.9. The summed E-state index contributed by atoms with van der Waals surface area (Å²) in [6.07, 6.45) is 1.86. The van der Waals surface area contributed by atoms with Crippen molar-refractivity contribution >= 4 is 21.8 Å². The van der Waals surface area contributed by atoms with Crippen molar-refractivity contribution in [3.63, 3.8) is 0 Å². The number of hydrogen-bond donors (Lipinski definition) is 1. The first-order valence-electron chi connectivity index (χ1n) is 6.59. The molecule has 0 aliphatic heterocycles. The molecule has 0 heterocycles. The van der Waals surface area contributed by atoms with Gasteiger partial charge in [-0.15, -0.1) is 0 Å². The second-order valence-electron chi connectivity index (χ2n) is 5.06. The zero-order chi connectivity index (χ0) is 16.3. The number of carbonyl (C=O) groups is 1. The van der Waals surface area contributed by atoms with Gasteiger partial charge in [0.25, 0.3) is 0 Å². The molecule has 1 N–H and O–H groups in total. The van der Waals surface area contributed by atoms with E-state index in [0.29, 0.717) is 16.8 Å². The van der Waals surface area contributed by atoms with Crippen molar-refractivity contribution in [1.82, 2.24) is 0 Å². The molecule has 0 spiro atoms. The number of benzene rings is 2. The summed E-state index contributed by atoms with van der Waals surface area (Å²) in [7, 11) is -3.30. The van der Waals surface area contributed by atoms with E-state index in [0.717, 1.165) is 12.5 Å². The van der Waals surface area contributed by atoms with Crippen LogP contribution in [-0.4, -0.2) is 21.0 Å². The first-order valence-corrected chi connectivity index (χ1v) is 8.48. The van der Waals surface area contributed by atoms with E-state index in [1.807, 2.05) is 0 Å². The summed E-state index contributed by atoms with van der Waals surface area (Å²) in [5, 5.41) is 2.97. The largest absolute Gasteiger partial charge is 0.372 e. The SMILES string of the molecule is Cc1cc(C(C=O)Nc2ccc(F)cc2)ccc1S(C)(=O)=O. The summed E-state index contributed by atoms with van der Waals surface area (Å²) < 4.78 is 36.1. The van der Waals surface area contributed by atoms with Gasteiger partial charge in [-0.1, -0.05) is 12.1 Å². The molecule has 1 atom stereocenters. The molecular formula is C16H16FNO3S. The molecule has 0 amide bonds. The lowest BCUT2D eigenvalue weighted by molar-refractivity contribution is -0.108. The quantitative estimate of drug-likeness (QED) is 0.860. The third kappa shape index (κ3) is 3.71. The molecule has 0 saturated carbocycles. The molecule has 2 aromatic rings. The predicted octanol–water partition coefficient (Wildman–Crippen LogP) is 2.89. The van der Waals surface area contributed by atoms with E-state index in [1.54, 1.807) is 19.1 Å². The van der Waals surface area contributed by atoms with Crippen LogP contribution in [-0.2, 0) is 14.6 Å². The van der Waals surface area contributed by atoms with Crippen molar-refractivity contribution in [3.8, 4) is 0 Å². The third-order valence-corrected chi connectivity index (χ3v) is 4.52. The van der Waals surface area contributed by atoms with Crippen molar-refractivity contribution in [1.29, 1.82) is 0 Å². The van der Waals surface area contributed by atoms with Crippen molar-refractivity contribution in [2.75, 3.05) is 11.6 Å². The summed E-state index contributed by atoms with van der Waals surface area (Å²) in [4.78, 5) is 11.6. The minimum Gasteiger partial charge on any atom is -0.372 e. The van der Waals surface area contributed by atoms with Crippen LogP contribution >= 0.6 is 0 Å². The molecule has 2 aromatic carbocycles. The van der Waals surface area contributed by atoms with Crippen molar-refractivity contribution in [2.45, 2.75) is 17.9 Å². The Labute approximate surface area is 128 Å². The highest BCUT2D eigenvalue weighted by Gasteiger charge is 2.15. The number of carbonyl (C=O) groups excluding carboxylic acids is 1. The molecule has 4 nitrogen and oxygen atoms in total. The van der Waals surface area contributed by atoms with Gasteiger partial charge in [-0.2, -0.15) is 0 Å². The lowest BCUT2D eigenvalue weighted by atomic mass is 10.0. The molecule has 2 rings (SSSR count). The fraction of sp³-hybridized carbons (Fsp3) is 0.188. The lowest BCUT2D eigenvalue weighted by Crippen LogP contribution is -2.13. The molecule has 22 heavy (non-hydrogen) atoms.